The summed E-state index contributed by atoms with van der Waals surface area (Å²) < 4.78 is 16.1. The first kappa shape index (κ1) is 33.5. The van der Waals surface area contributed by atoms with E-state index in [1.165, 1.54) is 23.1 Å². The van der Waals surface area contributed by atoms with Crippen molar-refractivity contribution in [3.8, 4) is 17.0 Å². The molecule has 2 heterocycles. The molecule has 0 fully saturated rings. The fourth-order valence-corrected chi connectivity index (χ4v) is 5.19. The van der Waals surface area contributed by atoms with Crippen molar-refractivity contribution < 1.29 is 19.1 Å². The highest BCUT2D eigenvalue weighted by atomic mass is 35.5. The number of carbonyl (C=O) groups is 2. The minimum atomic E-state index is -0.788. The summed E-state index contributed by atoms with van der Waals surface area (Å²) in [5, 5.41) is 12.9. The first-order chi connectivity index (χ1) is 20.5. The molecule has 2 N–H and O–H groups in total. The van der Waals surface area contributed by atoms with Gasteiger partial charge in [-0.2, -0.15) is 0 Å². The summed E-state index contributed by atoms with van der Waals surface area (Å²) in [4.78, 5) is 41.0. The number of anilines is 2. The van der Waals surface area contributed by atoms with Crippen molar-refractivity contribution in [1.29, 1.82) is 0 Å². The zero-order valence-corrected chi connectivity index (χ0v) is 26.2. The summed E-state index contributed by atoms with van der Waals surface area (Å²) >= 11 is 12.7. The molecule has 9 nitrogen and oxygen atoms in total. The maximum atomic E-state index is 16.1. The third kappa shape index (κ3) is 7.32. The van der Waals surface area contributed by atoms with E-state index in [-0.39, 0.29) is 56.9 Å². The second-order valence-corrected chi connectivity index (χ2v) is 10.9. The molecule has 0 radical (unpaired) electrons. The Morgan fingerprint density at radius 1 is 1.23 bits per heavy atom. The normalized spacial score (nSPS) is 12.2. The number of nitrogens with zero attached hydrogens (tertiary/aromatic N) is 5. The summed E-state index contributed by atoms with van der Waals surface area (Å²) in [5.41, 5.74) is 1.87. The molecule has 0 saturated heterocycles. The first-order valence-electron chi connectivity index (χ1n) is 13.6. The van der Waals surface area contributed by atoms with Crippen molar-refractivity contribution in [2.24, 2.45) is 4.99 Å². The Kier molecular flexibility index (Phi) is 11.6. The monoisotopic (exact) mass is 628 g/mol. The highest BCUT2D eigenvalue weighted by molar-refractivity contribution is 6.43. The van der Waals surface area contributed by atoms with Gasteiger partial charge in [-0.15, -0.1) is 6.58 Å². The number of aromatic hydroxyl groups is 1. The highest BCUT2D eigenvalue weighted by Gasteiger charge is 2.30. The van der Waals surface area contributed by atoms with Gasteiger partial charge in [-0.25, -0.2) is 9.37 Å². The third-order valence-electron chi connectivity index (χ3n) is 6.83. The number of amidine groups is 1. The van der Waals surface area contributed by atoms with Crippen molar-refractivity contribution in [3.05, 3.63) is 75.8 Å². The molecule has 0 spiro atoms. The van der Waals surface area contributed by atoms with E-state index < -0.39 is 5.82 Å². The lowest BCUT2D eigenvalue weighted by molar-refractivity contribution is -0.109. The number of amides is 2. The molecule has 0 saturated carbocycles. The number of aliphatic imine (C=N–C) groups is 1. The lowest BCUT2D eigenvalue weighted by Crippen LogP contribution is -2.45. The molecule has 12 heteroatoms. The van der Waals surface area contributed by atoms with Gasteiger partial charge < -0.3 is 15.3 Å². The van der Waals surface area contributed by atoms with Gasteiger partial charge in [0.05, 0.1) is 27.0 Å². The van der Waals surface area contributed by atoms with Crippen molar-refractivity contribution in [2.45, 2.75) is 46.1 Å². The van der Waals surface area contributed by atoms with Gasteiger partial charge in [0.25, 0.3) is 0 Å². The summed E-state index contributed by atoms with van der Waals surface area (Å²) in [6.07, 6.45) is 5.15. The number of pyridine rings is 2. The molecule has 3 aromatic rings. The zero-order valence-electron chi connectivity index (χ0n) is 24.7. The molecule has 0 aliphatic rings. The minimum absolute atomic E-state index is 0.00356. The Hall–Kier alpha value is -4.02. The van der Waals surface area contributed by atoms with Crippen LogP contribution in [0.25, 0.3) is 11.3 Å². The van der Waals surface area contributed by atoms with Crippen LogP contribution in [0, 0.1) is 12.7 Å². The van der Waals surface area contributed by atoms with E-state index in [1.807, 2.05) is 32.6 Å². The predicted octanol–water partition coefficient (Wildman–Crippen LogP) is 6.41. The average Bonchev–Trinajstić information content (AvgIpc) is 2.97. The van der Waals surface area contributed by atoms with E-state index in [9.17, 15) is 14.7 Å². The molecule has 0 bridgehead atoms. The van der Waals surface area contributed by atoms with Crippen LogP contribution in [0.15, 0.2) is 48.1 Å². The molecular formula is C31H35Cl2FN6O3. The Bertz CT molecular complexity index is 1530. The lowest BCUT2D eigenvalue weighted by atomic mass is 10.0. The predicted molar refractivity (Wildman–Crippen MR) is 170 cm³/mol. The van der Waals surface area contributed by atoms with Gasteiger partial charge >= 0.3 is 0 Å². The lowest BCUT2D eigenvalue weighted by Gasteiger charge is -2.34. The van der Waals surface area contributed by atoms with Gasteiger partial charge in [-0.3, -0.25) is 24.5 Å². The van der Waals surface area contributed by atoms with Crippen molar-refractivity contribution in [3.63, 3.8) is 0 Å². The van der Waals surface area contributed by atoms with Crippen LogP contribution >= 0.6 is 23.2 Å². The van der Waals surface area contributed by atoms with E-state index in [2.05, 4.69) is 26.9 Å². The van der Waals surface area contributed by atoms with E-state index >= 15 is 4.39 Å². The Morgan fingerprint density at radius 3 is 2.56 bits per heavy atom. The van der Waals surface area contributed by atoms with Crippen LogP contribution in [-0.4, -0.2) is 64.8 Å². The molecule has 2 aromatic heterocycles. The quantitative estimate of drug-likeness (QED) is 0.0979. The van der Waals surface area contributed by atoms with E-state index in [0.717, 1.165) is 5.56 Å². The number of nitrogens with one attached hydrogen (secondary N) is 1. The molecular weight excluding hydrogens is 594 g/mol. The minimum Gasteiger partial charge on any atom is -0.508 e. The highest BCUT2D eigenvalue weighted by Crippen LogP contribution is 2.41. The van der Waals surface area contributed by atoms with Gasteiger partial charge in [0.2, 0.25) is 12.8 Å². The van der Waals surface area contributed by atoms with Crippen molar-refractivity contribution in [2.75, 3.05) is 25.0 Å². The SMILES string of the molecule is C=CCCN(C(=NC)c1cc(F)c(-c2cc(O)cc(Cl)c2Cl)nc1N(C=O)c1c(C)ccnc1C(C)C)C(C)CNC=O. The number of benzene rings is 1. The number of carbonyl (C=O) groups excluding carboxylic acids is 2. The van der Waals surface area contributed by atoms with E-state index in [4.69, 9.17) is 23.2 Å². The number of phenols is 1. The summed E-state index contributed by atoms with van der Waals surface area (Å²) in [6, 6.07) is 5.20. The van der Waals surface area contributed by atoms with Gasteiger partial charge in [-0.05, 0) is 49.9 Å². The average molecular weight is 630 g/mol. The van der Waals surface area contributed by atoms with Gasteiger partial charge in [0.15, 0.2) is 5.82 Å². The maximum Gasteiger partial charge on any atom is 0.219 e. The Labute approximate surface area is 261 Å². The third-order valence-corrected chi connectivity index (χ3v) is 7.63. The standard InChI is InChI=1S/C31H35Cl2FN6O3/c1-7-8-11-39(20(5)15-36-16-41)30(35-6)23-14-25(34)28(22-12-21(43)13-24(32)26(22)33)38-31(23)40(17-42)29-19(4)9-10-37-27(29)18(2)3/h7,9-10,12-14,16-18,20,43H,1,8,11,15H2,2-6H3,(H,36,41). The second-order valence-electron chi connectivity index (χ2n) is 10.2. The van der Waals surface area contributed by atoms with Crippen LogP contribution in [0.3, 0.4) is 0 Å². The van der Waals surface area contributed by atoms with Crippen LogP contribution in [0.1, 0.15) is 49.9 Å². The fraction of sp³-hybridized carbons (Fsp3) is 0.323. The summed E-state index contributed by atoms with van der Waals surface area (Å²) in [6.45, 7) is 12.1. The van der Waals surface area contributed by atoms with E-state index in [0.29, 0.717) is 43.0 Å². The number of aromatic nitrogens is 2. The largest absolute Gasteiger partial charge is 0.508 e. The molecule has 1 atom stereocenters. The molecule has 1 unspecified atom stereocenters. The zero-order chi connectivity index (χ0) is 31.8. The van der Waals surface area contributed by atoms with Crippen molar-refractivity contribution in [1.82, 2.24) is 20.2 Å². The van der Waals surface area contributed by atoms with Crippen molar-refractivity contribution >= 4 is 53.4 Å². The number of aryl methyl sites for hydroxylation is 1. The number of hydrogen-bond donors (Lipinski definition) is 2. The number of rotatable bonds is 13. The Morgan fingerprint density at radius 2 is 1.95 bits per heavy atom. The number of halogens is 3. The molecule has 0 aliphatic carbocycles. The van der Waals surface area contributed by atoms with Crippen LogP contribution in [0.4, 0.5) is 15.9 Å². The Balaban J connectivity index is 2.44. The smallest absolute Gasteiger partial charge is 0.219 e. The van der Waals surface area contributed by atoms with Crippen LogP contribution in [0.5, 0.6) is 5.75 Å². The molecule has 1 aromatic carbocycles. The van der Waals surface area contributed by atoms with Gasteiger partial charge in [0.1, 0.15) is 23.1 Å². The van der Waals surface area contributed by atoms with E-state index in [1.54, 1.807) is 25.4 Å². The van der Waals surface area contributed by atoms with Crippen LogP contribution in [0.2, 0.25) is 10.0 Å². The topological polar surface area (TPSA) is 111 Å². The maximum absolute atomic E-state index is 16.1. The molecule has 43 heavy (non-hydrogen) atoms. The second kappa shape index (κ2) is 14.9. The van der Waals surface area contributed by atoms with Gasteiger partial charge in [-0.1, -0.05) is 43.1 Å². The molecule has 0 aliphatic heterocycles. The molecule has 2 amide bonds. The van der Waals surface area contributed by atoms with Crippen LogP contribution in [-0.2, 0) is 9.59 Å². The molecule has 3 rings (SSSR count). The summed E-state index contributed by atoms with van der Waals surface area (Å²) in [7, 11) is 1.55. The fourth-order valence-electron chi connectivity index (χ4n) is 4.78. The van der Waals surface area contributed by atoms with Crippen LogP contribution < -0.4 is 10.2 Å². The number of hydrogen-bond acceptors (Lipinski definition) is 6. The van der Waals surface area contributed by atoms with Gasteiger partial charge in [0, 0.05) is 44.0 Å². The number of phenolic OH excluding ortho intramolecular Hbond substituents is 1. The first-order valence-corrected chi connectivity index (χ1v) is 14.4. The summed E-state index contributed by atoms with van der Waals surface area (Å²) in [5.74, 6) is -0.715. The molecule has 228 valence electrons.